The molecule has 0 radical (unpaired) electrons. The summed E-state index contributed by atoms with van der Waals surface area (Å²) in [5, 5.41) is 9.62. The number of carbonyl (C=O) groups is 8. The molecule has 0 saturated carbocycles. The van der Waals surface area contributed by atoms with Crippen LogP contribution in [0.25, 0.3) is 0 Å². The number of fused-ring (bicyclic) bond motifs is 1. The van der Waals surface area contributed by atoms with Crippen molar-refractivity contribution in [2.24, 2.45) is 5.10 Å². The van der Waals surface area contributed by atoms with Crippen molar-refractivity contribution in [3.8, 4) is 0 Å². The zero-order chi connectivity index (χ0) is 58.6. The molecule has 81 heavy (non-hydrogen) atoms. The number of amides is 5. The van der Waals surface area contributed by atoms with Gasteiger partial charge in [-0.3, -0.25) is 43.3 Å². The molecule has 0 saturated heterocycles. The molecule has 0 aliphatic carbocycles. The number of methoxy groups -OCH3 is 3. The number of hydrogen-bond donors (Lipinski definition) is 3. The van der Waals surface area contributed by atoms with Crippen LogP contribution >= 0.6 is 0 Å². The predicted octanol–water partition coefficient (Wildman–Crippen LogP) is 0.670. The number of rotatable bonds is 49. The van der Waals surface area contributed by atoms with Gasteiger partial charge in [-0.2, -0.15) is 5.10 Å². The molecular formula is C54H79N5O22. The largest absolute Gasteiger partial charge is 0.469 e. The minimum Gasteiger partial charge on any atom is -0.469 e. The van der Waals surface area contributed by atoms with Gasteiger partial charge in [0, 0.05) is 18.5 Å². The first-order chi connectivity index (χ1) is 39.4. The third-order valence-electron chi connectivity index (χ3n) is 11.2. The maximum Gasteiger partial charge on any atom is 0.307 e. The van der Waals surface area contributed by atoms with E-state index in [1.165, 1.54) is 32.4 Å². The van der Waals surface area contributed by atoms with Crippen LogP contribution in [0, 0.1) is 0 Å². The van der Waals surface area contributed by atoms with Crippen LogP contribution in [0.2, 0.25) is 0 Å². The van der Waals surface area contributed by atoms with E-state index in [4.69, 9.17) is 52.1 Å². The SMILES string of the molecule is COC(=O)CCOCC(COCCC(=O)OC)(COCCC(=O)OC)NC(=O)CCOCCOCCOCCOCCNC(=O)c1ccc(/C=N\NC(=O)CCOCCOCCOCCOCCN2C(=O)c3ccccc3C2=O)cc1. The summed E-state index contributed by atoms with van der Waals surface area (Å²) in [5.41, 5.74) is 3.11. The Labute approximate surface area is 471 Å². The number of nitrogens with zero attached hydrogens (tertiary/aromatic N) is 2. The molecule has 452 valence electrons. The van der Waals surface area contributed by atoms with Crippen LogP contribution in [-0.2, 0) is 90.3 Å². The molecule has 0 aromatic heterocycles. The molecule has 2 aromatic carbocycles. The normalized spacial score (nSPS) is 12.2. The van der Waals surface area contributed by atoms with E-state index in [9.17, 15) is 38.4 Å². The van der Waals surface area contributed by atoms with Crippen LogP contribution in [0.1, 0.15) is 68.7 Å². The topological polar surface area (TPSA) is 317 Å². The van der Waals surface area contributed by atoms with E-state index in [2.05, 4.69) is 35.4 Å². The molecule has 1 heterocycles. The summed E-state index contributed by atoms with van der Waals surface area (Å²) in [4.78, 5) is 98.6. The van der Waals surface area contributed by atoms with Crippen molar-refractivity contribution in [3.05, 3.63) is 70.8 Å². The molecule has 2 aromatic rings. The number of imide groups is 1. The molecule has 1 aliphatic rings. The Morgan fingerprint density at radius 1 is 0.469 bits per heavy atom. The number of nitrogens with one attached hydrogen (secondary N) is 3. The minimum absolute atomic E-state index is 0.0145. The average molecular weight is 1150 g/mol. The maximum absolute atomic E-state index is 13.1. The molecule has 0 atom stereocenters. The lowest BCUT2D eigenvalue weighted by molar-refractivity contribution is -0.143. The highest BCUT2D eigenvalue weighted by Gasteiger charge is 2.35. The van der Waals surface area contributed by atoms with Gasteiger partial charge in [-0.15, -0.1) is 0 Å². The van der Waals surface area contributed by atoms with Crippen LogP contribution in [0.15, 0.2) is 53.6 Å². The lowest BCUT2D eigenvalue weighted by Gasteiger charge is -2.34. The van der Waals surface area contributed by atoms with E-state index in [1.54, 1.807) is 48.5 Å². The lowest BCUT2D eigenvalue weighted by Crippen LogP contribution is -2.59. The van der Waals surface area contributed by atoms with Crippen LogP contribution in [0.5, 0.6) is 0 Å². The van der Waals surface area contributed by atoms with Gasteiger partial charge in [-0.1, -0.05) is 24.3 Å². The third-order valence-corrected chi connectivity index (χ3v) is 11.2. The van der Waals surface area contributed by atoms with Crippen molar-refractivity contribution in [1.82, 2.24) is 21.0 Å². The highest BCUT2D eigenvalue weighted by molar-refractivity contribution is 6.21. The van der Waals surface area contributed by atoms with E-state index in [0.29, 0.717) is 88.3 Å². The van der Waals surface area contributed by atoms with Crippen molar-refractivity contribution in [3.63, 3.8) is 0 Å². The molecule has 5 amide bonds. The van der Waals surface area contributed by atoms with Gasteiger partial charge in [-0.05, 0) is 29.8 Å². The van der Waals surface area contributed by atoms with Gasteiger partial charge in [0.05, 0.1) is 216 Å². The average Bonchev–Trinajstić information content (AvgIpc) is 3.75. The summed E-state index contributed by atoms with van der Waals surface area (Å²) >= 11 is 0. The molecule has 0 bridgehead atoms. The zero-order valence-electron chi connectivity index (χ0n) is 46.6. The van der Waals surface area contributed by atoms with Gasteiger partial charge in [0.2, 0.25) is 11.8 Å². The van der Waals surface area contributed by atoms with Crippen LogP contribution < -0.4 is 16.1 Å². The zero-order valence-corrected chi connectivity index (χ0v) is 46.6. The lowest BCUT2D eigenvalue weighted by atomic mass is 10.0. The van der Waals surface area contributed by atoms with E-state index < -0.39 is 29.4 Å². The molecular weight excluding hydrogens is 1070 g/mol. The Morgan fingerprint density at radius 2 is 0.852 bits per heavy atom. The number of hydrazone groups is 1. The summed E-state index contributed by atoms with van der Waals surface area (Å²) < 4.78 is 75.1. The van der Waals surface area contributed by atoms with E-state index >= 15 is 0 Å². The second-order valence-electron chi connectivity index (χ2n) is 17.3. The van der Waals surface area contributed by atoms with E-state index in [1.807, 2.05) is 0 Å². The molecule has 1 aliphatic heterocycles. The number of hydrogen-bond acceptors (Lipinski definition) is 23. The fourth-order valence-corrected chi connectivity index (χ4v) is 6.91. The standard InChI is InChI=1S/C54H79N5O22/c1-68-48(62)14-21-79-39-54(40-80-22-15-49(63)69-2,41-81-23-16-50(64)70-3)57-46(60)12-19-71-26-30-75-34-36-77-32-28-73-24-17-55-51(65)43-10-8-42(9-11-43)38-56-58-47(61)13-20-72-27-31-76-35-37-78-33-29-74-25-18-59-52(66)44-6-4-5-7-45(44)53(59)67/h4-11,38H,12-37,39-41H2,1-3H3,(H,55,65)(H,57,60)(H,58,61)/b56-38-. The van der Waals surface area contributed by atoms with Crippen molar-refractivity contribution in [1.29, 1.82) is 0 Å². The second kappa shape index (κ2) is 43.4. The Kier molecular flexibility index (Phi) is 36.9. The first-order valence-corrected chi connectivity index (χ1v) is 26.4. The summed E-state index contributed by atoms with van der Waals surface area (Å²) in [6.07, 6.45) is 1.42. The van der Waals surface area contributed by atoms with Crippen molar-refractivity contribution < 1.29 is 105 Å². The van der Waals surface area contributed by atoms with Gasteiger partial charge in [0.1, 0.15) is 5.54 Å². The fourth-order valence-electron chi connectivity index (χ4n) is 6.91. The highest BCUT2D eigenvalue weighted by Crippen LogP contribution is 2.22. The molecule has 0 fully saturated rings. The number of ether oxygens (including phenoxy) is 14. The molecule has 0 spiro atoms. The summed E-state index contributed by atoms with van der Waals surface area (Å²) in [6, 6.07) is 13.4. The van der Waals surface area contributed by atoms with Gasteiger partial charge < -0.3 is 76.9 Å². The Hall–Kier alpha value is -6.37. The Bertz CT molecular complexity index is 2110. The van der Waals surface area contributed by atoms with E-state index in [0.717, 1.165) is 0 Å². The summed E-state index contributed by atoms with van der Waals surface area (Å²) in [5.74, 6) is -3.10. The highest BCUT2D eigenvalue weighted by atomic mass is 16.6. The monoisotopic (exact) mass is 1150 g/mol. The first kappa shape index (κ1) is 68.9. The van der Waals surface area contributed by atoms with Crippen molar-refractivity contribution in [2.45, 2.75) is 37.6 Å². The van der Waals surface area contributed by atoms with Gasteiger partial charge in [-0.25, -0.2) is 5.43 Å². The number of benzene rings is 2. The van der Waals surface area contributed by atoms with Gasteiger partial charge >= 0.3 is 17.9 Å². The Morgan fingerprint density at radius 3 is 1.28 bits per heavy atom. The quantitative estimate of drug-likeness (QED) is 0.0205. The Balaban J connectivity index is 1.13. The smallest absolute Gasteiger partial charge is 0.307 e. The van der Waals surface area contributed by atoms with Crippen molar-refractivity contribution in [2.75, 3.05) is 180 Å². The summed E-state index contributed by atoms with van der Waals surface area (Å²) in [7, 11) is 3.76. The number of carbonyl (C=O) groups excluding carboxylic acids is 8. The molecule has 27 nitrogen and oxygen atoms in total. The van der Waals surface area contributed by atoms with Crippen LogP contribution in [0.3, 0.4) is 0 Å². The summed E-state index contributed by atoms with van der Waals surface area (Å²) in [6.45, 7) is 4.38. The predicted molar refractivity (Wildman–Crippen MR) is 285 cm³/mol. The first-order valence-electron chi connectivity index (χ1n) is 26.4. The molecule has 27 heteroatoms. The van der Waals surface area contributed by atoms with Gasteiger partial charge in [0.25, 0.3) is 17.7 Å². The van der Waals surface area contributed by atoms with Crippen molar-refractivity contribution >= 4 is 53.7 Å². The second-order valence-corrected chi connectivity index (χ2v) is 17.3. The number of esters is 3. The van der Waals surface area contributed by atoms with Crippen LogP contribution in [0.4, 0.5) is 0 Å². The van der Waals surface area contributed by atoms with Crippen LogP contribution in [-0.4, -0.2) is 244 Å². The maximum atomic E-state index is 13.1. The molecule has 3 N–H and O–H groups in total. The molecule has 3 rings (SSSR count). The third kappa shape index (κ3) is 30.9. The molecule has 0 unspecified atom stereocenters. The fraction of sp³-hybridized carbons (Fsp3) is 0.611. The van der Waals surface area contributed by atoms with E-state index in [-0.39, 0.29) is 148 Å². The minimum atomic E-state index is -1.26. The van der Waals surface area contributed by atoms with Gasteiger partial charge in [0.15, 0.2) is 0 Å².